The minimum Gasteiger partial charge on any atom is -0.378 e. The van der Waals surface area contributed by atoms with E-state index in [-0.39, 0.29) is 5.69 Å². The molecule has 0 saturated carbocycles. The Kier molecular flexibility index (Phi) is 3.99. The number of nitro groups is 1. The van der Waals surface area contributed by atoms with E-state index < -0.39 is 10.7 Å². The minimum atomic E-state index is -0.610. The topological polar surface area (TPSA) is 67.2 Å². The number of anilines is 1. The molecule has 1 aromatic rings. The molecule has 5 nitrogen and oxygen atoms in total. The maximum absolute atomic E-state index is 12.8. The Hall–Kier alpha value is -1.69. The molecule has 1 aromatic carbocycles. The smallest absolute Gasteiger partial charge is 0.295 e. The molecule has 0 radical (unpaired) electrons. The highest BCUT2D eigenvalue weighted by Gasteiger charge is 2.13. The zero-order chi connectivity index (χ0) is 11.3. The van der Waals surface area contributed by atoms with E-state index in [2.05, 4.69) is 10.6 Å². The van der Waals surface area contributed by atoms with Crippen molar-refractivity contribution in [3.8, 4) is 0 Å². The number of nitrogens with one attached hydrogen (secondary N) is 2. The van der Waals surface area contributed by atoms with Gasteiger partial charge >= 0.3 is 0 Å². The van der Waals surface area contributed by atoms with Gasteiger partial charge in [-0.15, -0.1) is 0 Å². The first-order valence-electron chi connectivity index (χ1n) is 4.47. The fourth-order valence-corrected chi connectivity index (χ4v) is 1.13. The molecule has 6 heteroatoms. The van der Waals surface area contributed by atoms with Crippen LogP contribution in [0, 0.1) is 15.9 Å². The second-order valence-corrected chi connectivity index (χ2v) is 2.95. The van der Waals surface area contributed by atoms with Crippen LogP contribution in [0.1, 0.15) is 0 Å². The highest BCUT2D eigenvalue weighted by Crippen LogP contribution is 2.24. The highest BCUT2D eigenvalue weighted by atomic mass is 19.1. The zero-order valence-corrected chi connectivity index (χ0v) is 8.29. The highest BCUT2D eigenvalue weighted by molar-refractivity contribution is 5.61. The van der Waals surface area contributed by atoms with Crippen molar-refractivity contribution in [2.24, 2.45) is 0 Å². The molecule has 0 aliphatic heterocycles. The fraction of sp³-hybridized carbons (Fsp3) is 0.333. The van der Waals surface area contributed by atoms with Crippen LogP contribution < -0.4 is 10.6 Å². The lowest BCUT2D eigenvalue weighted by atomic mass is 10.2. The molecule has 0 atom stereocenters. The number of nitrogens with zero attached hydrogens (tertiary/aromatic N) is 1. The Balaban J connectivity index is 2.81. The Morgan fingerprint density at radius 1 is 1.47 bits per heavy atom. The largest absolute Gasteiger partial charge is 0.378 e. The molecule has 2 N–H and O–H groups in total. The van der Waals surface area contributed by atoms with Gasteiger partial charge in [0.1, 0.15) is 11.5 Å². The van der Waals surface area contributed by atoms with Gasteiger partial charge in [0, 0.05) is 13.1 Å². The van der Waals surface area contributed by atoms with E-state index >= 15 is 0 Å². The van der Waals surface area contributed by atoms with Crippen LogP contribution in [0.15, 0.2) is 18.2 Å². The summed E-state index contributed by atoms with van der Waals surface area (Å²) in [4.78, 5) is 9.98. The van der Waals surface area contributed by atoms with Crippen LogP contribution in [0.4, 0.5) is 15.8 Å². The van der Waals surface area contributed by atoms with E-state index in [9.17, 15) is 14.5 Å². The van der Waals surface area contributed by atoms with Crippen LogP contribution in [0.25, 0.3) is 0 Å². The second kappa shape index (κ2) is 5.26. The van der Waals surface area contributed by atoms with Gasteiger partial charge in [0.15, 0.2) is 0 Å². The summed E-state index contributed by atoms with van der Waals surface area (Å²) in [6.45, 7) is 1.22. The lowest BCUT2D eigenvalue weighted by Crippen LogP contribution is -2.18. The standard InChI is InChI=1S/C9H12FN3O2/c1-11-4-5-12-8-3-2-7(10)6-9(8)13(14)15/h2-3,6,11-12H,4-5H2,1H3. The number of nitro benzene ring substituents is 1. The quantitative estimate of drug-likeness (QED) is 0.440. The average molecular weight is 213 g/mol. The number of likely N-dealkylation sites (N-methyl/N-ethyl adjacent to an activating group) is 1. The normalized spacial score (nSPS) is 10.0. The molecule has 0 aliphatic carbocycles. The Bertz CT molecular complexity index is 357. The van der Waals surface area contributed by atoms with Gasteiger partial charge in [-0.3, -0.25) is 10.1 Å². The third kappa shape index (κ3) is 3.17. The molecule has 1 rings (SSSR count). The van der Waals surface area contributed by atoms with Crippen molar-refractivity contribution >= 4 is 11.4 Å². The molecule has 82 valence electrons. The summed E-state index contributed by atoms with van der Waals surface area (Å²) in [5.41, 5.74) is 0.0859. The lowest BCUT2D eigenvalue weighted by Gasteiger charge is -2.06. The van der Waals surface area contributed by atoms with Gasteiger partial charge < -0.3 is 10.6 Å². The zero-order valence-electron chi connectivity index (χ0n) is 8.29. The molecular formula is C9H12FN3O2. The number of benzene rings is 1. The van der Waals surface area contributed by atoms with Crippen molar-refractivity contribution in [1.29, 1.82) is 0 Å². The van der Waals surface area contributed by atoms with Gasteiger partial charge in [-0.1, -0.05) is 0 Å². The van der Waals surface area contributed by atoms with Crippen molar-refractivity contribution in [3.05, 3.63) is 34.1 Å². The molecule has 0 amide bonds. The van der Waals surface area contributed by atoms with Gasteiger partial charge in [0.2, 0.25) is 0 Å². The predicted molar refractivity (Wildman–Crippen MR) is 55.5 cm³/mol. The van der Waals surface area contributed by atoms with Crippen LogP contribution in [-0.2, 0) is 0 Å². The Morgan fingerprint density at radius 2 is 2.20 bits per heavy atom. The number of halogens is 1. The molecule has 0 saturated heterocycles. The summed E-state index contributed by atoms with van der Waals surface area (Å²) < 4.78 is 12.8. The van der Waals surface area contributed by atoms with E-state index in [0.717, 1.165) is 6.07 Å². The summed E-state index contributed by atoms with van der Waals surface area (Å²) in [6.07, 6.45) is 0. The van der Waals surface area contributed by atoms with Crippen LogP contribution in [0.5, 0.6) is 0 Å². The predicted octanol–water partition coefficient (Wildman–Crippen LogP) is 1.37. The molecule has 0 aliphatic rings. The van der Waals surface area contributed by atoms with Crippen LogP contribution >= 0.6 is 0 Å². The number of hydrogen-bond acceptors (Lipinski definition) is 4. The van der Waals surface area contributed by atoms with Crippen LogP contribution in [0.3, 0.4) is 0 Å². The van der Waals surface area contributed by atoms with Gasteiger partial charge in [0.25, 0.3) is 5.69 Å². The third-order valence-electron chi connectivity index (χ3n) is 1.85. The first-order chi connectivity index (χ1) is 7.15. The minimum absolute atomic E-state index is 0.244. The van der Waals surface area contributed by atoms with Gasteiger partial charge in [-0.2, -0.15) is 0 Å². The van der Waals surface area contributed by atoms with Crippen molar-refractivity contribution < 1.29 is 9.31 Å². The molecule has 0 unspecified atom stereocenters. The average Bonchev–Trinajstić information content (AvgIpc) is 2.20. The molecule has 0 heterocycles. The SMILES string of the molecule is CNCCNc1ccc(F)cc1[N+](=O)[O-]. The van der Waals surface area contributed by atoms with E-state index in [1.54, 1.807) is 7.05 Å². The fourth-order valence-electron chi connectivity index (χ4n) is 1.13. The summed E-state index contributed by atoms with van der Waals surface area (Å²) in [7, 11) is 1.78. The monoisotopic (exact) mass is 213 g/mol. The molecular weight excluding hydrogens is 201 g/mol. The molecule has 0 spiro atoms. The van der Waals surface area contributed by atoms with Gasteiger partial charge in [0.05, 0.1) is 11.0 Å². The van der Waals surface area contributed by atoms with E-state index in [1.807, 2.05) is 0 Å². The van der Waals surface area contributed by atoms with Crippen LogP contribution in [-0.4, -0.2) is 25.1 Å². The van der Waals surface area contributed by atoms with Gasteiger partial charge in [-0.25, -0.2) is 4.39 Å². The molecule has 0 fully saturated rings. The number of rotatable bonds is 5. The lowest BCUT2D eigenvalue weighted by molar-refractivity contribution is -0.384. The Morgan fingerprint density at radius 3 is 2.80 bits per heavy atom. The maximum atomic E-state index is 12.8. The van der Waals surface area contributed by atoms with E-state index in [0.29, 0.717) is 18.8 Å². The summed E-state index contributed by atoms with van der Waals surface area (Å²) in [5.74, 6) is -0.610. The Labute approximate surface area is 86.4 Å². The third-order valence-corrected chi connectivity index (χ3v) is 1.85. The van der Waals surface area contributed by atoms with Gasteiger partial charge in [-0.05, 0) is 19.2 Å². The molecule has 0 aromatic heterocycles. The van der Waals surface area contributed by atoms with Crippen LogP contribution in [0.2, 0.25) is 0 Å². The van der Waals surface area contributed by atoms with Crippen molar-refractivity contribution in [1.82, 2.24) is 5.32 Å². The first-order valence-corrected chi connectivity index (χ1v) is 4.47. The maximum Gasteiger partial charge on any atom is 0.295 e. The summed E-state index contributed by atoms with van der Waals surface area (Å²) in [5, 5.41) is 16.3. The summed E-state index contributed by atoms with van der Waals surface area (Å²) in [6, 6.07) is 3.46. The second-order valence-electron chi connectivity index (χ2n) is 2.95. The number of hydrogen-bond donors (Lipinski definition) is 2. The van der Waals surface area contributed by atoms with Crippen molar-refractivity contribution in [3.63, 3.8) is 0 Å². The van der Waals surface area contributed by atoms with E-state index in [4.69, 9.17) is 0 Å². The van der Waals surface area contributed by atoms with Crippen molar-refractivity contribution in [2.45, 2.75) is 0 Å². The molecule has 15 heavy (non-hydrogen) atoms. The van der Waals surface area contributed by atoms with Crippen molar-refractivity contribution in [2.75, 3.05) is 25.5 Å². The molecule has 0 bridgehead atoms. The van der Waals surface area contributed by atoms with E-state index in [1.165, 1.54) is 12.1 Å². The summed E-state index contributed by atoms with van der Waals surface area (Å²) >= 11 is 0. The first kappa shape index (κ1) is 11.4.